The number of aliphatic hydroxyl groups excluding tert-OH is 2. The molecule has 186 valence electrons. The van der Waals surface area contributed by atoms with Gasteiger partial charge in [-0.2, -0.15) is 0 Å². The predicted molar refractivity (Wildman–Crippen MR) is 132 cm³/mol. The fraction of sp³-hybridized carbons (Fsp3) is 0.933. The van der Waals surface area contributed by atoms with Crippen molar-refractivity contribution in [3.8, 4) is 0 Å². The standard InChI is InChI=1S/C30H48O3/c1-24(2)13-15-29-16-14-28(6)27(5)11-7-20-25(3,10-9-23(32)26(20,4)18-31)21(27)8-12-30(28,33-19-29)22(29)17-24/h8,12,20-23,31-32H,7,9-11,13-19H2,1-6H3/t20-,21-,22-,23?,25-,26-,27+,28-,29+,30-/m0/s1. The maximum absolute atomic E-state index is 10.9. The molecule has 4 saturated carbocycles. The summed E-state index contributed by atoms with van der Waals surface area (Å²) in [4.78, 5) is 0. The molecule has 1 unspecified atom stereocenters. The number of hydrogen-bond acceptors (Lipinski definition) is 3. The van der Waals surface area contributed by atoms with Gasteiger partial charge in [0.05, 0.1) is 24.9 Å². The van der Waals surface area contributed by atoms with Crippen molar-refractivity contribution in [2.45, 2.75) is 111 Å². The highest BCUT2D eigenvalue weighted by molar-refractivity contribution is 5.34. The first-order valence-corrected chi connectivity index (χ1v) is 14.0. The lowest BCUT2D eigenvalue weighted by molar-refractivity contribution is -0.248. The predicted octanol–water partition coefficient (Wildman–Crippen LogP) is 6.13. The molecule has 0 aromatic rings. The van der Waals surface area contributed by atoms with Gasteiger partial charge in [0.1, 0.15) is 0 Å². The van der Waals surface area contributed by atoms with Crippen LogP contribution in [0.5, 0.6) is 0 Å². The summed E-state index contributed by atoms with van der Waals surface area (Å²) in [5.74, 6) is 1.48. The monoisotopic (exact) mass is 456 g/mol. The molecule has 3 heteroatoms. The Balaban J connectivity index is 1.47. The lowest BCUT2D eigenvalue weighted by Gasteiger charge is -2.72. The van der Waals surface area contributed by atoms with Gasteiger partial charge in [-0.05, 0) is 91.3 Å². The Morgan fingerprint density at radius 3 is 2.33 bits per heavy atom. The minimum Gasteiger partial charge on any atom is -0.396 e. The van der Waals surface area contributed by atoms with Crippen molar-refractivity contribution in [2.24, 2.45) is 50.2 Å². The van der Waals surface area contributed by atoms with Gasteiger partial charge in [-0.1, -0.05) is 53.7 Å². The SMILES string of the molecule is CC1(C)CC[C@@]23CC[C@]4(C)[C@@](C=C[C@H]5[C@@]6(C)CCC(O)[C@@](C)(CO)[C@H]6CC[C@]54C)(OC2)[C@H]3C1. The van der Waals surface area contributed by atoms with Crippen LogP contribution in [-0.2, 0) is 4.74 Å². The van der Waals surface area contributed by atoms with Crippen molar-refractivity contribution < 1.29 is 14.9 Å². The van der Waals surface area contributed by atoms with E-state index in [-0.39, 0.29) is 28.5 Å². The second-order valence-corrected chi connectivity index (χ2v) is 15.3. The molecule has 5 aliphatic carbocycles. The van der Waals surface area contributed by atoms with Crippen LogP contribution in [0.2, 0.25) is 0 Å². The van der Waals surface area contributed by atoms with Crippen LogP contribution in [0.25, 0.3) is 0 Å². The first-order valence-electron chi connectivity index (χ1n) is 14.0. The van der Waals surface area contributed by atoms with Crippen molar-refractivity contribution in [1.82, 2.24) is 0 Å². The Morgan fingerprint density at radius 2 is 1.61 bits per heavy atom. The van der Waals surface area contributed by atoms with Gasteiger partial charge in [-0.25, -0.2) is 0 Å². The van der Waals surface area contributed by atoms with Gasteiger partial charge in [0.15, 0.2) is 0 Å². The topological polar surface area (TPSA) is 49.7 Å². The first kappa shape index (κ1) is 23.0. The summed E-state index contributed by atoms with van der Waals surface area (Å²) >= 11 is 0. The zero-order chi connectivity index (χ0) is 23.7. The molecule has 0 radical (unpaired) electrons. The number of allylic oxidation sites excluding steroid dienone is 1. The molecule has 33 heavy (non-hydrogen) atoms. The van der Waals surface area contributed by atoms with Gasteiger partial charge in [0.25, 0.3) is 0 Å². The third-order valence-electron chi connectivity index (χ3n) is 13.7. The molecule has 10 atom stereocenters. The van der Waals surface area contributed by atoms with E-state index in [1.807, 2.05) is 0 Å². The van der Waals surface area contributed by atoms with E-state index in [1.165, 1.54) is 38.5 Å². The summed E-state index contributed by atoms with van der Waals surface area (Å²) in [6, 6.07) is 0. The fourth-order valence-corrected chi connectivity index (χ4v) is 11.3. The number of fused-ring (bicyclic) bond motifs is 4. The lowest BCUT2D eigenvalue weighted by atomic mass is 9.32. The zero-order valence-corrected chi connectivity index (χ0v) is 22.0. The minimum absolute atomic E-state index is 0.0889. The van der Waals surface area contributed by atoms with Crippen LogP contribution >= 0.6 is 0 Å². The first-order chi connectivity index (χ1) is 15.3. The Morgan fingerprint density at radius 1 is 0.879 bits per heavy atom. The molecule has 0 amide bonds. The van der Waals surface area contributed by atoms with E-state index in [0.29, 0.717) is 28.6 Å². The van der Waals surface area contributed by atoms with Crippen molar-refractivity contribution in [3.63, 3.8) is 0 Å². The Hall–Kier alpha value is -0.380. The average molecular weight is 457 g/mol. The molecular weight excluding hydrogens is 408 g/mol. The Kier molecular flexibility index (Phi) is 4.53. The summed E-state index contributed by atoms with van der Waals surface area (Å²) in [7, 11) is 0. The highest BCUT2D eigenvalue weighted by atomic mass is 16.5. The summed E-state index contributed by atoms with van der Waals surface area (Å²) < 4.78 is 7.10. The molecular formula is C30H48O3. The molecule has 6 rings (SSSR count). The molecule has 1 heterocycles. The van der Waals surface area contributed by atoms with E-state index < -0.39 is 11.5 Å². The smallest absolute Gasteiger partial charge is 0.0955 e. The van der Waals surface area contributed by atoms with Gasteiger partial charge in [0.2, 0.25) is 0 Å². The molecule has 6 aliphatic rings. The van der Waals surface area contributed by atoms with Crippen LogP contribution < -0.4 is 0 Å². The number of rotatable bonds is 1. The fourth-order valence-electron chi connectivity index (χ4n) is 11.3. The van der Waals surface area contributed by atoms with Crippen LogP contribution in [-0.4, -0.2) is 35.1 Å². The molecule has 0 aromatic carbocycles. The van der Waals surface area contributed by atoms with Gasteiger partial charge in [0, 0.05) is 16.7 Å². The van der Waals surface area contributed by atoms with E-state index >= 15 is 0 Å². The molecule has 1 spiro atoms. The second-order valence-electron chi connectivity index (χ2n) is 15.3. The number of aliphatic hydroxyl groups is 2. The minimum atomic E-state index is -0.392. The Bertz CT molecular complexity index is 880. The van der Waals surface area contributed by atoms with E-state index in [9.17, 15) is 10.2 Å². The summed E-state index contributed by atoms with van der Waals surface area (Å²) in [6.45, 7) is 15.9. The molecule has 3 nitrogen and oxygen atoms in total. The van der Waals surface area contributed by atoms with E-state index in [2.05, 4.69) is 53.7 Å². The second kappa shape index (κ2) is 6.48. The van der Waals surface area contributed by atoms with Crippen LogP contribution in [0.1, 0.15) is 99.3 Å². The van der Waals surface area contributed by atoms with Crippen LogP contribution in [0.15, 0.2) is 12.2 Å². The van der Waals surface area contributed by atoms with Crippen LogP contribution in [0.3, 0.4) is 0 Å². The highest BCUT2D eigenvalue weighted by Crippen LogP contribution is 2.79. The number of ether oxygens (including phenoxy) is 1. The third kappa shape index (κ3) is 2.44. The van der Waals surface area contributed by atoms with Crippen LogP contribution in [0, 0.1) is 50.2 Å². The molecule has 2 bridgehead atoms. The van der Waals surface area contributed by atoms with Crippen molar-refractivity contribution in [3.05, 3.63) is 12.2 Å². The molecule has 2 N–H and O–H groups in total. The highest BCUT2D eigenvalue weighted by Gasteiger charge is 2.77. The largest absolute Gasteiger partial charge is 0.396 e. The van der Waals surface area contributed by atoms with Gasteiger partial charge >= 0.3 is 0 Å². The van der Waals surface area contributed by atoms with Crippen molar-refractivity contribution >= 4 is 0 Å². The molecule has 0 aromatic heterocycles. The third-order valence-corrected chi connectivity index (χ3v) is 13.7. The van der Waals surface area contributed by atoms with E-state index in [0.717, 1.165) is 25.9 Å². The van der Waals surface area contributed by atoms with Crippen molar-refractivity contribution in [1.29, 1.82) is 0 Å². The maximum atomic E-state index is 10.9. The Labute approximate surface area is 201 Å². The summed E-state index contributed by atoms with van der Waals surface area (Å²) in [5.41, 5.74) is 0.729. The molecule has 5 fully saturated rings. The van der Waals surface area contributed by atoms with E-state index in [1.54, 1.807) is 0 Å². The zero-order valence-electron chi connectivity index (χ0n) is 22.0. The van der Waals surface area contributed by atoms with Gasteiger partial charge in [-0.3, -0.25) is 0 Å². The number of hydrogen-bond donors (Lipinski definition) is 2. The van der Waals surface area contributed by atoms with Crippen molar-refractivity contribution in [2.75, 3.05) is 13.2 Å². The maximum Gasteiger partial charge on any atom is 0.0955 e. The summed E-state index contributed by atoms with van der Waals surface area (Å²) in [6.07, 6.45) is 15.5. The summed E-state index contributed by atoms with van der Waals surface area (Å²) in [5, 5.41) is 21.4. The molecule has 1 aliphatic heterocycles. The quantitative estimate of drug-likeness (QED) is 0.467. The van der Waals surface area contributed by atoms with E-state index in [4.69, 9.17) is 4.74 Å². The lowest BCUT2D eigenvalue weighted by Crippen LogP contribution is -2.70. The average Bonchev–Trinajstić information content (AvgIpc) is 3.00. The molecule has 1 saturated heterocycles. The normalized spacial score (nSPS) is 61.0. The van der Waals surface area contributed by atoms with Gasteiger partial charge in [-0.15, -0.1) is 0 Å². The van der Waals surface area contributed by atoms with Gasteiger partial charge < -0.3 is 14.9 Å². The van der Waals surface area contributed by atoms with Crippen LogP contribution in [0.4, 0.5) is 0 Å².